The van der Waals surface area contributed by atoms with E-state index >= 15 is 0 Å². The Labute approximate surface area is 147 Å². The number of rotatable bonds is 7. The van der Waals surface area contributed by atoms with Crippen LogP contribution in [0.4, 0.5) is 0 Å². The van der Waals surface area contributed by atoms with E-state index in [9.17, 15) is 9.59 Å². The molecule has 5 heteroatoms. The van der Waals surface area contributed by atoms with Crippen LogP contribution >= 0.6 is 0 Å². The van der Waals surface area contributed by atoms with Crippen molar-refractivity contribution in [1.29, 1.82) is 0 Å². The van der Waals surface area contributed by atoms with E-state index < -0.39 is 0 Å². The number of ether oxygens (including phenoxy) is 1. The van der Waals surface area contributed by atoms with E-state index in [1.54, 1.807) is 67.8 Å². The summed E-state index contributed by atoms with van der Waals surface area (Å²) in [4.78, 5) is 24.7. The van der Waals surface area contributed by atoms with Crippen molar-refractivity contribution in [2.45, 2.75) is 0 Å². The molecule has 25 heavy (non-hydrogen) atoms. The molecule has 0 aliphatic heterocycles. The van der Waals surface area contributed by atoms with Crippen LogP contribution in [0.5, 0.6) is 5.75 Å². The Morgan fingerprint density at radius 1 is 1.08 bits per heavy atom. The summed E-state index contributed by atoms with van der Waals surface area (Å²) in [6, 6.07) is 15.9. The molecule has 2 N–H and O–H groups in total. The molecule has 0 heterocycles. The predicted octanol–water partition coefficient (Wildman–Crippen LogP) is 2.77. The quantitative estimate of drug-likeness (QED) is 0.603. The zero-order valence-corrected chi connectivity index (χ0v) is 14.0. The monoisotopic (exact) mass is 336 g/mol. The molecule has 0 saturated heterocycles. The number of methoxy groups -OCH3 is 1. The first-order chi connectivity index (χ1) is 12.1. The van der Waals surface area contributed by atoms with Crippen molar-refractivity contribution in [2.24, 2.45) is 0 Å². The van der Waals surface area contributed by atoms with Gasteiger partial charge in [0.25, 0.3) is 11.8 Å². The lowest BCUT2D eigenvalue weighted by atomic mass is 10.1. The van der Waals surface area contributed by atoms with Crippen molar-refractivity contribution in [2.75, 3.05) is 13.7 Å². The molecule has 0 atom stereocenters. The third kappa shape index (κ3) is 5.35. The first kappa shape index (κ1) is 18.0. The zero-order valence-electron chi connectivity index (χ0n) is 14.0. The van der Waals surface area contributed by atoms with Crippen LogP contribution in [0.3, 0.4) is 0 Å². The fourth-order valence-electron chi connectivity index (χ4n) is 2.07. The van der Waals surface area contributed by atoms with Gasteiger partial charge in [-0.05, 0) is 35.9 Å². The highest BCUT2D eigenvalue weighted by atomic mass is 16.5. The number of hydrogen-bond acceptors (Lipinski definition) is 3. The molecule has 0 unspecified atom stereocenters. The van der Waals surface area contributed by atoms with E-state index in [1.807, 2.05) is 6.07 Å². The Morgan fingerprint density at radius 2 is 1.76 bits per heavy atom. The van der Waals surface area contributed by atoms with Crippen molar-refractivity contribution in [3.63, 3.8) is 0 Å². The minimum absolute atomic E-state index is 0.154. The maximum atomic E-state index is 12.4. The molecular formula is C20H20N2O3. The highest BCUT2D eigenvalue weighted by molar-refractivity contribution is 6.05. The molecule has 0 aliphatic carbocycles. The zero-order chi connectivity index (χ0) is 18.1. The lowest BCUT2D eigenvalue weighted by molar-refractivity contribution is -0.117. The van der Waals surface area contributed by atoms with Gasteiger partial charge in [-0.2, -0.15) is 0 Å². The van der Waals surface area contributed by atoms with Crippen LogP contribution in [0.15, 0.2) is 72.9 Å². The van der Waals surface area contributed by atoms with E-state index in [0.717, 1.165) is 5.56 Å². The number of nitrogens with one attached hydrogen (secondary N) is 2. The van der Waals surface area contributed by atoms with Gasteiger partial charge in [-0.15, -0.1) is 6.58 Å². The molecule has 0 saturated carbocycles. The third-order valence-corrected chi connectivity index (χ3v) is 3.36. The van der Waals surface area contributed by atoms with Crippen LogP contribution < -0.4 is 15.4 Å². The van der Waals surface area contributed by atoms with Crippen molar-refractivity contribution in [1.82, 2.24) is 10.6 Å². The van der Waals surface area contributed by atoms with Crippen molar-refractivity contribution < 1.29 is 14.3 Å². The lowest BCUT2D eigenvalue weighted by Crippen LogP contribution is -2.34. The summed E-state index contributed by atoms with van der Waals surface area (Å²) in [5.74, 6) is -0.0303. The molecule has 0 aromatic heterocycles. The Kier molecular flexibility index (Phi) is 6.54. The summed E-state index contributed by atoms with van der Waals surface area (Å²) >= 11 is 0. The Balaban J connectivity index is 2.25. The van der Waals surface area contributed by atoms with Gasteiger partial charge in [-0.3, -0.25) is 9.59 Å². The van der Waals surface area contributed by atoms with E-state index in [-0.39, 0.29) is 17.5 Å². The molecule has 0 aliphatic rings. The smallest absolute Gasteiger partial charge is 0.268 e. The summed E-state index contributed by atoms with van der Waals surface area (Å²) in [5.41, 5.74) is 1.39. The van der Waals surface area contributed by atoms with Crippen LogP contribution in [-0.4, -0.2) is 25.5 Å². The van der Waals surface area contributed by atoms with Gasteiger partial charge in [0, 0.05) is 12.1 Å². The maximum Gasteiger partial charge on any atom is 0.268 e. The van der Waals surface area contributed by atoms with Crippen molar-refractivity contribution >= 4 is 17.9 Å². The first-order valence-electron chi connectivity index (χ1n) is 7.75. The second-order valence-corrected chi connectivity index (χ2v) is 5.15. The number of carbonyl (C=O) groups excluding carboxylic acids is 2. The largest absolute Gasteiger partial charge is 0.497 e. The van der Waals surface area contributed by atoms with Crippen LogP contribution in [0.2, 0.25) is 0 Å². The number of hydrogen-bond donors (Lipinski definition) is 2. The fraction of sp³-hybridized carbons (Fsp3) is 0.100. The van der Waals surface area contributed by atoms with Crippen LogP contribution in [0.1, 0.15) is 15.9 Å². The minimum Gasteiger partial charge on any atom is -0.497 e. The summed E-state index contributed by atoms with van der Waals surface area (Å²) in [6.07, 6.45) is 3.18. The van der Waals surface area contributed by atoms with E-state index in [4.69, 9.17) is 4.74 Å². The van der Waals surface area contributed by atoms with Gasteiger partial charge < -0.3 is 15.4 Å². The second-order valence-electron chi connectivity index (χ2n) is 5.15. The van der Waals surface area contributed by atoms with Gasteiger partial charge in [0.05, 0.1) is 7.11 Å². The summed E-state index contributed by atoms with van der Waals surface area (Å²) in [5, 5.41) is 5.33. The molecule has 0 spiro atoms. The normalized spacial score (nSPS) is 10.7. The highest BCUT2D eigenvalue weighted by Crippen LogP contribution is 2.14. The van der Waals surface area contributed by atoms with Gasteiger partial charge in [0.1, 0.15) is 11.4 Å². The Bertz CT molecular complexity index is 765. The van der Waals surface area contributed by atoms with Gasteiger partial charge >= 0.3 is 0 Å². The summed E-state index contributed by atoms with van der Waals surface area (Å²) < 4.78 is 5.12. The van der Waals surface area contributed by atoms with E-state index in [2.05, 4.69) is 17.2 Å². The molecular weight excluding hydrogens is 316 g/mol. The van der Waals surface area contributed by atoms with Crippen LogP contribution in [-0.2, 0) is 4.79 Å². The highest BCUT2D eigenvalue weighted by Gasteiger charge is 2.13. The van der Waals surface area contributed by atoms with Gasteiger partial charge in [0.15, 0.2) is 0 Å². The molecule has 5 nitrogen and oxygen atoms in total. The van der Waals surface area contributed by atoms with E-state index in [0.29, 0.717) is 17.9 Å². The number of benzene rings is 2. The molecule has 2 aromatic carbocycles. The topological polar surface area (TPSA) is 67.4 Å². The number of carbonyl (C=O) groups is 2. The van der Waals surface area contributed by atoms with Gasteiger partial charge in [-0.25, -0.2) is 0 Å². The average Bonchev–Trinajstić information content (AvgIpc) is 2.66. The molecule has 2 rings (SSSR count). The number of amides is 2. The van der Waals surface area contributed by atoms with E-state index in [1.165, 1.54) is 0 Å². The van der Waals surface area contributed by atoms with Crippen molar-refractivity contribution in [3.05, 3.63) is 84.1 Å². The van der Waals surface area contributed by atoms with Crippen LogP contribution in [0.25, 0.3) is 6.08 Å². The Hall–Kier alpha value is -3.34. The lowest BCUT2D eigenvalue weighted by Gasteiger charge is -2.10. The Morgan fingerprint density at radius 3 is 2.36 bits per heavy atom. The summed E-state index contributed by atoms with van der Waals surface area (Å²) in [6.45, 7) is 3.87. The molecule has 0 bridgehead atoms. The molecule has 128 valence electrons. The molecule has 2 aromatic rings. The molecule has 2 amide bonds. The first-order valence-corrected chi connectivity index (χ1v) is 7.75. The maximum absolute atomic E-state index is 12.4. The van der Waals surface area contributed by atoms with Gasteiger partial charge in [-0.1, -0.05) is 36.4 Å². The van der Waals surface area contributed by atoms with Gasteiger partial charge in [0.2, 0.25) is 0 Å². The van der Waals surface area contributed by atoms with Crippen LogP contribution in [0, 0.1) is 0 Å². The SMILES string of the molecule is C=CCNC(=O)/C(=C/c1ccc(OC)cc1)NC(=O)c1ccccc1. The molecule has 0 fully saturated rings. The fourth-order valence-corrected chi connectivity index (χ4v) is 2.07. The second kappa shape index (κ2) is 9.08. The third-order valence-electron chi connectivity index (χ3n) is 3.36. The average molecular weight is 336 g/mol. The molecule has 0 radical (unpaired) electrons. The van der Waals surface area contributed by atoms with Crippen molar-refractivity contribution in [3.8, 4) is 5.75 Å². The standard InChI is InChI=1S/C20H20N2O3/c1-3-13-21-20(24)18(14-15-9-11-17(25-2)12-10-15)22-19(23)16-7-5-4-6-8-16/h3-12,14H,1,13H2,2H3,(H,21,24)(H,22,23)/b18-14-. The summed E-state index contributed by atoms with van der Waals surface area (Å²) in [7, 11) is 1.58. The predicted molar refractivity (Wildman–Crippen MR) is 98.1 cm³/mol. The minimum atomic E-state index is -0.389.